The van der Waals surface area contributed by atoms with Crippen LogP contribution in [0.5, 0.6) is 0 Å². The third kappa shape index (κ3) is 3.55. The predicted octanol–water partition coefficient (Wildman–Crippen LogP) is 3.92. The predicted molar refractivity (Wildman–Crippen MR) is 103 cm³/mol. The average Bonchev–Trinajstić information content (AvgIpc) is 3.04. The largest absolute Gasteiger partial charge is 0.325 e. The van der Waals surface area contributed by atoms with Gasteiger partial charge in [0.05, 0.1) is 11.1 Å². The van der Waals surface area contributed by atoms with Gasteiger partial charge in [-0.3, -0.25) is 4.79 Å². The molecule has 0 radical (unpaired) electrons. The molecule has 1 aliphatic heterocycles. The Morgan fingerprint density at radius 1 is 1.21 bits per heavy atom. The molecular formula is C18H14ClF2N5OS. The first-order valence-electron chi connectivity index (χ1n) is 8.29. The Morgan fingerprint density at radius 2 is 1.96 bits per heavy atom. The fraction of sp³-hybridized carbons (Fsp3) is 0.167. The Hall–Kier alpha value is -2.65. The van der Waals surface area contributed by atoms with E-state index in [4.69, 9.17) is 11.6 Å². The Labute approximate surface area is 168 Å². The van der Waals surface area contributed by atoms with Crippen molar-refractivity contribution in [3.8, 4) is 0 Å². The second-order valence-corrected chi connectivity index (χ2v) is 7.70. The highest BCUT2D eigenvalue weighted by Crippen LogP contribution is 2.37. The number of thioether (sulfide) groups is 1. The fourth-order valence-corrected chi connectivity index (χ4v) is 4.17. The molecule has 0 saturated carbocycles. The summed E-state index contributed by atoms with van der Waals surface area (Å²) in [6.07, 6.45) is 0. The Morgan fingerprint density at radius 3 is 2.68 bits per heavy atom. The highest BCUT2D eigenvalue weighted by Gasteiger charge is 2.37. The third-order valence-corrected chi connectivity index (χ3v) is 5.78. The highest BCUT2D eigenvalue weighted by atomic mass is 35.5. The van der Waals surface area contributed by atoms with Gasteiger partial charge in [-0.1, -0.05) is 35.5 Å². The van der Waals surface area contributed by atoms with E-state index >= 15 is 0 Å². The molecule has 3 aromatic rings. The van der Waals surface area contributed by atoms with E-state index in [1.54, 1.807) is 23.7 Å². The first-order chi connectivity index (χ1) is 13.4. The van der Waals surface area contributed by atoms with E-state index in [0.29, 0.717) is 16.7 Å². The van der Waals surface area contributed by atoms with Crippen LogP contribution in [0.15, 0.2) is 47.6 Å². The number of halogens is 3. The van der Waals surface area contributed by atoms with Crippen LogP contribution in [-0.2, 0) is 4.79 Å². The van der Waals surface area contributed by atoms with E-state index in [1.807, 2.05) is 0 Å². The molecule has 10 heteroatoms. The van der Waals surface area contributed by atoms with Crippen LogP contribution in [0.25, 0.3) is 0 Å². The lowest BCUT2D eigenvalue weighted by Crippen LogP contribution is -2.41. The first kappa shape index (κ1) is 18.7. The number of nitrogens with zero attached hydrogens (tertiary/aromatic N) is 3. The van der Waals surface area contributed by atoms with E-state index in [2.05, 4.69) is 20.9 Å². The van der Waals surface area contributed by atoms with Gasteiger partial charge in [-0.2, -0.15) is 0 Å². The fourth-order valence-electron chi connectivity index (χ4n) is 2.87. The van der Waals surface area contributed by atoms with E-state index in [1.165, 1.54) is 42.1 Å². The van der Waals surface area contributed by atoms with Gasteiger partial charge in [0.2, 0.25) is 11.1 Å². The van der Waals surface area contributed by atoms with Crippen molar-refractivity contribution in [1.82, 2.24) is 14.9 Å². The maximum absolute atomic E-state index is 13.4. The SMILES string of the molecule is Cc1nnc2n1N[C@@H](c1ccc(F)cc1)[C@@H](C(=O)Nc1ccc(F)c(Cl)c1)S2. The monoisotopic (exact) mass is 421 g/mol. The summed E-state index contributed by atoms with van der Waals surface area (Å²) in [5, 5.41) is 10.6. The van der Waals surface area contributed by atoms with Crippen molar-refractivity contribution in [1.29, 1.82) is 0 Å². The Balaban J connectivity index is 1.65. The molecule has 2 atom stereocenters. The van der Waals surface area contributed by atoms with E-state index < -0.39 is 17.1 Å². The summed E-state index contributed by atoms with van der Waals surface area (Å²) in [7, 11) is 0. The number of fused-ring (bicyclic) bond motifs is 1. The molecule has 0 fully saturated rings. The maximum atomic E-state index is 13.4. The molecule has 2 heterocycles. The van der Waals surface area contributed by atoms with Gasteiger partial charge in [-0.05, 0) is 42.8 Å². The minimum atomic E-state index is -0.634. The standard InChI is InChI=1S/C18H14ClF2N5OS/c1-9-23-24-18-26(9)25-15(10-2-4-11(20)5-3-10)16(28-18)17(27)22-12-6-7-14(21)13(19)8-12/h2-8,15-16,25H,1H3,(H,22,27)/t15-,16-/m0/s1. The zero-order valence-corrected chi connectivity index (χ0v) is 16.1. The quantitative estimate of drug-likeness (QED) is 0.670. The second-order valence-electron chi connectivity index (χ2n) is 6.18. The summed E-state index contributed by atoms with van der Waals surface area (Å²) in [6, 6.07) is 9.40. The van der Waals surface area contributed by atoms with Crippen molar-refractivity contribution in [2.45, 2.75) is 23.4 Å². The molecule has 4 rings (SSSR count). The molecule has 0 spiro atoms. The zero-order valence-electron chi connectivity index (χ0n) is 14.5. The normalized spacial score (nSPS) is 18.3. The maximum Gasteiger partial charge on any atom is 0.240 e. The average molecular weight is 422 g/mol. The number of carbonyl (C=O) groups is 1. The Kier molecular flexibility index (Phi) is 4.94. The molecule has 6 nitrogen and oxygen atoms in total. The first-order valence-corrected chi connectivity index (χ1v) is 9.55. The van der Waals surface area contributed by atoms with Crippen molar-refractivity contribution in [2.75, 3.05) is 10.7 Å². The van der Waals surface area contributed by atoms with Crippen molar-refractivity contribution in [2.24, 2.45) is 0 Å². The topological polar surface area (TPSA) is 71.8 Å². The molecule has 2 N–H and O–H groups in total. The Bertz CT molecular complexity index is 1040. The van der Waals surface area contributed by atoms with E-state index in [9.17, 15) is 13.6 Å². The van der Waals surface area contributed by atoms with Crippen LogP contribution in [0.3, 0.4) is 0 Å². The van der Waals surface area contributed by atoms with Crippen LogP contribution in [0.2, 0.25) is 5.02 Å². The third-order valence-electron chi connectivity index (χ3n) is 4.27. The van der Waals surface area contributed by atoms with Crippen molar-refractivity contribution in [3.63, 3.8) is 0 Å². The van der Waals surface area contributed by atoms with Gasteiger partial charge in [-0.25, -0.2) is 13.5 Å². The van der Waals surface area contributed by atoms with Gasteiger partial charge in [-0.15, -0.1) is 10.2 Å². The summed E-state index contributed by atoms with van der Waals surface area (Å²) in [5.41, 5.74) is 4.32. The van der Waals surface area contributed by atoms with Gasteiger partial charge in [0, 0.05) is 5.69 Å². The molecule has 1 aliphatic rings. The molecule has 1 aromatic heterocycles. The molecule has 1 amide bonds. The lowest BCUT2D eigenvalue weighted by Gasteiger charge is -2.32. The van der Waals surface area contributed by atoms with Gasteiger partial charge in [0.25, 0.3) is 0 Å². The second kappa shape index (κ2) is 7.40. The summed E-state index contributed by atoms with van der Waals surface area (Å²) < 4.78 is 28.4. The number of rotatable bonds is 3. The number of nitrogens with one attached hydrogen (secondary N) is 2. The smallest absolute Gasteiger partial charge is 0.240 e. The van der Waals surface area contributed by atoms with Crippen LogP contribution in [0, 0.1) is 18.6 Å². The molecule has 28 heavy (non-hydrogen) atoms. The molecule has 0 unspecified atom stereocenters. The molecular weight excluding hydrogens is 408 g/mol. The van der Waals surface area contributed by atoms with Crippen LogP contribution < -0.4 is 10.7 Å². The van der Waals surface area contributed by atoms with Crippen molar-refractivity contribution >= 4 is 35.0 Å². The number of hydrogen-bond donors (Lipinski definition) is 2. The molecule has 0 aliphatic carbocycles. The number of aryl methyl sites for hydroxylation is 1. The number of hydrogen-bond acceptors (Lipinski definition) is 5. The summed E-state index contributed by atoms with van der Waals surface area (Å²) >= 11 is 7.02. The lowest BCUT2D eigenvalue weighted by atomic mass is 10.0. The summed E-state index contributed by atoms with van der Waals surface area (Å²) in [5.74, 6) is -0.628. The van der Waals surface area contributed by atoms with E-state index in [-0.39, 0.29) is 16.7 Å². The zero-order chi connectivity index (χ0) is 19.8. The number of amides is 1. The lowest BCUT2D eigenvalue weighted by molar-refractivity contribution is -0.116. The molecule has 0 saturated heterocycles. The minimum absolute atomic E-state index is 0.0855. The molecule has 0 bridgehead atoms. The highest BCUT2D eigenvalue weighted by molar-refractivity contribution is 8.00. The number of benzene rings is 2. The van der Waals surface area contributed by atoms with Crippen LogP contribution in [0.1, 0.15) is 17.4 Å². The van der Waals surface area contributed by atoms with Crippen molar-refractivity contribution < 1.29 is 13.6 Å². The van der Waals surface area contributed by atoms with Crippen LogP contribution >= 0.6 is 23.4 Å². The summed E-state index contributed by atoms with van der Waals surface area (Å²) in [6.45, 7) is 1.78. The van der Waals surface area contributed by atoms with Gasteiger partial charge < -0.3 is 10.7 Å². The van der Waals surface area contributed by atoms with Crippen LogP contribution in [-0.4, -0.2) is 26.0 Å². The van der Waals surface area contributed by atoms with Gasteiger partial charge >= 0.3 is 0 Å². The van der Waals surface area contributed by atoms with Crippen molar-refractivity contribution in [3.05, 3.63) is 70.5 Å². The number of carbonyl (C=O) groups excluding carboxylic acids is 1. The van der Waals surface area contributed by atoms with Gasteiger partial charge in [0.1, 0.15) is 22.7 Å². The minimum Gasteiger partial charge on any atom is -0.325 e. The number of aromatic nitrogens is 3. The van der Waals surface area contributed by atoms with Crippen LogP contribution in [0.4, 0.5) is 14.5 Å². The van der Waals surface area contributed by atoms with Gasteiger partial charge in [0.15, 0.2) is 0 Å². The number of anilines is 1. The van der Waals surface area contributed by atoms with E-state index in [0.717, 1.165) is 5.56 Å². The molecule has 2 aromatic carbocycles. The summed E-state index contributed by atoms with van der Waals surface area (Å²) in [4.78, 5) is 13.0. The molecule has 144 valence electrons.